The zero-order valence-electron chi connectivity index (χ0n) is 18.1. The maximum absolute atomic E-state index is 13.8. The van der Waals surface area contributed by atoms with E-state index >= 15 is 0 Å². The van der Waals surface area contributed by atoms with Crippen LogP contribution >= 0.6 is 35.0 Å². The van der Waals surface area contributed by atoms with Gasteiger partial charge in [-0.2, -0.15) is 0 Å². The first-order chi connectivity index (χ1) is 16.3. The molecule has 0 atom stereocenters. The van der Waals surface area contributed by atoms with Gasteiger partial charge < -0.3 is 9.64 Å². The van der Waals surface area contributed by atoms with Gasteiger partial charge in [0.2, 0.25) is 5.91 Å². The molecule has 2 aromatic rings. The molecular weight excluding hydrogens is 502 g/mol. The van der Waals surface area contributed by atoms with Crippen LogP contribution in [-0.2, 0) is 16.2 Å². The first-order valence-corrected chi connectivity index (χ1v) is 12.3. The van der Waals surface area contributed by atoms with Crippen molar-refractivity contribution in [3.8, 4) is 5.75 Å². The molecule has 0 aromatic heterocycles. The molecule has 0 N–H and O–H groups in total. The summed E-state index contributed by atoms with van der Waals surface area (Å²) >= 11 is 13.4. The van der Waals surface area contributed by atoms with Gasteiger partial charge in [0.05, 0.1) is 15.0 Å². The van der Waals surface area contributed by atoms with Gasteiger partial charge in [-0.25, -0.2) is 4.39 Å². The summed E-state index contributed by atoms with van der Waals surface area (Å²) in [5.41, 5.74) is 0.840. The lowest BCUT2D eigenvalue weighted by molar-refractivity contribution is -0.136. The number of piperidine rings is 1. The summed E-state index contributed by atoms with van der Waals surface area (Å²) in [4.78, 5) is 40.5. The minimum Gasteiger partial charge on any atom is -0.486 e. The predicted octanol–water partition coefficient (Wildman–Crippen LogP) is 5.76. The molecule has 2 aliphatic heterocycles. The minimum absolute atomic E-state index is 0.0601. The Bertz CT molecular complexity index is 1140. The van der Waals surface area contributed by atoms with Crippen molar-refractivity contribution < 1.29 is 23.5 Å². The molecule has 2 saturated heterocycles. The maximum atomic E-state index is 13.8. The van der Waals surface area contributed by atoms with E-state index in [1.54, 1.807) is 23.1 Å². The van der Waals surface area contributed by atoms with E-state index in [1.165, 1.54) is 24.3 Å². The van der Waals surface area contributed by atoms with Gasteiger partial charge in [-0.1, -0.05) is 41.4 Å². The molecule has 0 saturated carbocycles. The first kappa shape index (κ1) is 24.6. The zero-order chi connectivity index (χ0) is 24.2. The number of thioether (sulfide) groups is 1. The lowest BCUT2D eigenvalue weighted by Crippen LogP contribution is -2.44. The summed E-state index contributed by atoms with van der Waals surface area (Å²) in [5, 5.41) is -0.146. The van der Waals surface area contributed by atoms with Crippen LogP contribution < -0.4 is 4.74 Å². The second-order valence-corrected chi connectivity index (χ2v) is 9.71. The summed E-state index contributed by atoms with van der Waals surface area (Å²) in [6, 6.07) is 9.28. The van der Waals surface area contributed by atoms with Crippen molar-refractivity contribution in [2.75, 3.05) is 19.6 Å². The Kier molecular flexibility index (Phi) is 7.80. The summed E-state index contributed by atoms with van der Waals surface area (Å²) in [6.45, 7) is 0.961. The highest BCUT2D eigenvalue weighted by molar-refractivity contribution is 8.18. The average molecular weight is 523 g/mol. The number of rotatable bonds is 6. The third kappa shape index (κ3) is 5.56. The molecule has 0 unspecified atom stereocenters. The fourth-order valence-corrected chi connectivity index (χ4v) is 5.18. The van der Waals surface area contributed by atoms with Crippen molar-refractivity contribution in [3.05, 3.63) is 68.3 Å². The van der Waals surface area contributed by atoms with E-state index in [0.29, 0.717) is 24.2 Å². The zero-order valence-corrected chi connectivity index (χ0v) is 20.4. The molecule has 178 valence electrons. The smallest absolute Gasteiger partial charge is 0.294 e. The number of nitrogens with zero attached hydrogens (tertiary/aromatic N) is 2. The summed E-state index contributed by atoms with van der Waals surface area (Å²) in [7, 11) is 0. The van der Waals surface area contributed by atoms with Crippen molar-refractivity contribution in [1.82, 2.24) is 9.80 Å². The standard InChI is InChI=1S/C24H21Cl2FN2O4S/c25-17-10-15(11-18(26)22(17)33-14-16-6-2-3-7-19(16)27)12-20-23(31)29(24(32)34-20)13-21(30)28-8-4-1-5-9-28/h2-3,6-7,10-12H,1,4-5,8-9,13-14H2/b20-12-. The van der Waals surface area contributed by atoms with Crippen molar-refractivity contribution in [3.63, 3.8) is 0 Å². The number of benzene rings is 2. The highest BCUT2D eigenvalue weighted by Crippen LogP contribution is 2.38. The Morgan fingerprint density at radius 1 is 1.09 bits per heavy atom. The molecule has 2 aliphatic rings. The number of carbonyl (C=O) groups excluding carboxylic acids is 3. The Balaban J connectivity index is 1.46. The minimum atomic E-state index is -0.535. The number of imide groups is 1. The van der Waals surface area contributed by atoms with Crippen molar-refractivity contribution in [2.24, 2.45) is 0 Å². The largest absolute Gasteiger partial charge is 0.486 e. The molecule has 2 heterocycles. The second kappa shape index (κ2) is 10.8. The molecule has 0 radical (unpaired) electrons. The van der Waals surface area contributed by atoms with E-state index in [9.17, 15) is 18.8 Å². The van der Waals surface area contributed by atoms with Crippen LogP contribution in [0.15, 0.2) is 41.3 Å². The van der Waals surface area contributed by atoms with Crippen LogP contribution in [0.3, 0.4) is 0 Å². The molecule has 0 aliphatic carbocycles. The molecule has 0 bridgehead atoms. The van der Waals surface area contributed by atoms with Crippen LogP contribution in [0.1, 0.15) is 30.4 Å². The van der Waals surface area contributed by atoms with E-state index < -0.39 is 17.0 Å². The van der Waals surface area contributed by atoms with Crippen LogP contribution in [0.5, 0.6) is 5.75 Å². The van der Waals surface area contributed by atoms with E-state index in [4.69, 9.17) is 27.9 Å². The third-order valence-electron chi connectivity index (χ3n) is 5.52. The predicted molar refractivity (Wildman–Crippen MR) is 130 cm³/mol. The number of ether oxygens (including phenoxy) is 1. The monoisotopic (exact) mass is 522 g/mol. The highest BCUT2D eigenvalue weighted by atomic mass is 35.5. The Labute approximate surface area is 210 Å². The highest BCUT2D eigenvalue weighted by Gasteiger charge is 2.37. The van der Waals surface area contributed by atoms with Gasteiger partial charge in [0.15, 0.2) is 5.75 Å². The van der Waals surface area contributed by atoms with Gasteiger partial charge in [-0.05, 0) is 60.9 Å². The molecule has 34 heavy (non-hydrogen) atoms. The van der Waals surface area contributed by atoms with Gasteiger partial charge in [0, 0.05) is 18.7 Å². The second-order valence-electron chi connectivity index (χ2n) is 7.90. The molecule has 6 nitrogen and oxygen atoms in total. The first-order valence-electron chi connectivity index (χ1n) is 10.7. The van der Waals surface area contributed by atoms with Crippen molar-refractivity contribution >= 4 is 58.1 Å². The van der Waals surface area contributed by atoms with E-state index in [0.717, 1.165) is 35.9 Å². The van der Waals surface area contributed by atoms with Gasteiger partial charge >= 0.3 is 0 Å². The summed E-state index contributed by atoms with van der Waals surface area (Å²) in [6.07, 6.45) is 4.42. The van der Waals surface area contributed by atoms with Crippen molar-refractivity contribution in [2.45, 2.75) is 25.9 Å². The van der Waals surface area contributed by atoms with E-state index in [2.05, 4.69) is 0 Å². The number of hydrogen-bond donors (Lipinski definition) is 0. The Morgan fingerprint density at radius 2 is 1.76 bits per heavy atom. The summed E-state index contributed by atoms with van der Waals surface area (Å²) in [5.74, 6) is -0.983. The Morgan fingerprint density at radius 3 is 2.44 bits per heavy atom. The molecule has 2 fully saturated rings. The molecule has 0 spiro atoms. The van der Waals surface area contributed by atoms with Crippen molar-refractivity contribution in [1.29, 1.82) is 0 Å². The number of amides is 3. The number of hydrogen-bond acceptors (Lipinski definition) is 5. The van der Waals surface area contributed by atoms with Crippen LogP contribution in [0.2, 0.25) is 10.0 Å². The molecule has 10 heteroatoms. The lowest BCUT2D eigenvalue weighted by atomic mass is 10.1. The van der Waals surface area contributed by atoms with Crippen LogP contribution in [-0.4, -0.2) is 46.5 Å². The van der Waals surface area contributed by atoms with Gasteiger partial charge in [0.1, 0.15) is 19.0 Å². The van der Waals surface area contributed by atoms with Gasteiger partial charge in [-0.15, -0.1) is 0 Å². The normalized spacial score (nSPS) is 17.6. The van der Waals surface area contributed by atoms with Crippen LogP contribution in [0.25, 0.3) is 6.08 Å². The number of halogens is 3. The third-order valence-corrected chi connectivity index (χ3v) is 6.99. The fraction of sp³-hybridized carbons (Fsp3) is 0.292. The fourth-order valence-electron chi connectivity index (χ4n) is 3.73. The average Bonchev–Trinajstić information content (AvgIpc) is 3.07. The van der Waals surface area contributed by atoms with Crippen LogP contribution in [0, 0.1) is 5.82 Å². The SMILES string of the molecule is O=C(CN1C(=O)S/C(=C\c2cc(Cl)c(OCc3ccccc3F)c(Cl)c2)C1=O)N1CCCCC1. The number of likely N-dealkylation sites (tertiary alicyclic amines) is 1. The quantitative estimate of drug-likeness (QED) is 0.451. The van der Waals surface area contributed by atoms with Crippen LogP contribution in [0.4, 0.5) is 9.18 Å². The molecule has 3 amide bonds. The molecule has 2 aromatic carbocycles. The number of carbonyl (C=O) groups is 3. The Hall–Kier alpha value is -2.55. The van der Waals surface area contributed by atoms with E-state index in [-0.39, 0.29) is 39.8 Å². The maximum Gasteiger partial charge on any atom is 0.294 e. The molecule has 4 rings (SSSR count). The lowest BCUT2D eigenvalue weighted by Gasteiger charge is -2.27. The van der Waals surface area contributed by atoms with Gasteiger partial charge in [0.25, 0.3) is 11.1 Å². The topological polar surface area (TPSA) is 66.9 Å². The van der Waals surface area contributed by atoms with Gasteiger partial charge in [-0.3, -0.25) is 19.3 Å². The summed E-state index contributed by atoms with van der Waals surface area (Å²) < 4.78 is 19.4. The van der Waals surface area contributed by atoms with E-state index in [1.807, 2.05) is 0 Å². The molecular formula is C24H21Cl2FN2O4S.